The lowest BCUT2D eigenvalue weighted by molar-refractivity contribution is -0.134. The molecule has 3 rings (SSSR count). The molecular weight excluding hydrogens is 352 g/mol. The van der Waals surface area contributed by atoms with Crippen LogP contribution in [0.4, 0.5) is 0 Å². The van der Waals surface area contributed by atoms with Crippen molar-refractivity contribution in [1.82, 2.24) is 20.4 Å². The molecule has 0 spiro atoms. The smallest absolute Gasteiger partial charge is 0.227 e. The Kier molecular flexibility index (Phi) is 7.20. The summed E-state index contributed by atoms with van der Waals surface area (Å²) in [6.07, 6.45) is 3.94. The molecule has 0 aliphatic carbocycles. The number of hydrogen-bond donors (Lipinski definition) is 1. The number of nitrogens with one attached hydrogen (secondary N) is 1. The highest BCUT2D eigenvalue weighted by atomic mass is 16.5. The van der Waals surface area contributed by atoms with Crippen molar-refractivity contribution in [3.8, 4) is 11.4 Å². The maximum Gasteiger partial charge on any atom is 0.227 e. The van der Waals surface area contributed by atoms with E-state index < -0.39 is 0 Å². The van der Waals surface area contributed by atoms with Crippen molar-refractivity contribution < 1.29 is 9.32 Å². The predicted octanol–water partition coefficient (Wildman–Crippen LogP) is 3.78. The normalized spacial score (nSPS) is 15.1. The largest absolute Gasteiger partial charge is 0.340 e. The van der Waals surface area contributed by atoms with Gasteiger partial charge in [-0.05, 0) is 43.8 Å². The van der Waals surface area contributed by atoms with Crippen molar-refractivity contribution in [2.75, 3.05) is 19.6 Å². The van der Waals surface area contributed by atoms with Gasteiger partial charge in [-0.2, -0.15) is 4.98 Å². The summed E-state index contributed by atoms with van der Waals surface area (Å²) in [5.74, 6) is 1.79. The Balaban J connectivity index is 1.58. The van der Waals surface area contributed by atoms with Gasteiger partial charge in [0.25, 0.3) is 0 Å². The first-order valence-electron chi connectivity index (χ1n) is 10.5. The second-order valence-corrected chi connectivity index (χ2v) is 7.86. The molecule has 0 unspecified atom stereocenters. The van der Waals surface area contributed by atoms with E-state index in [0.29, 0.717) is 36.5 Å². The van der Waals surface area contributed by atoms with Gasteiger partial charge in [0.05, 0.1) is 0 Å². The van der Waals surface area contributed by atoms with Crippen molar-refractivity contribution >= 4 is 5.91 Å². The van der Waals surface area contributed by atoms with Crippen LogP contribution in [-0.2, 0) is 11.2 Å². The number of aryl methyl sites for hydroxylation is 1. The lowest BCUT2D eigenvalue weighted by Crippen LogP contribution is -2.46. The minimum absolute atomic E-state index is 0.190. The molecule has 0 bridgehead atoms. The molecule has 1 N–H and O–H groups in total. The van der Waals surface area contributed by atoms with Gasteiger partial charge in [0.1, 0.15) is 0 Å². The summed E-state index contributed by atoms with van der Waals surface area (Å²) >= 11 is 0. The van der Waals surface area contributed by atoms with Gasteiger partial charge in [-0.3, -0.25) is 4.79 Å². The molecule has 1 aromatic carbocycles. The van der Waals surface area contributed by atoms with Crippen LogP contribution in [0.1, 0.15) is 63.8 Å². The van der Waals surface area contributed by atoms with Gasteiger partial charge in [-0.1, -0.05) is 50.2 Å². The lowest BCUT2D eigenvalue weighted by atomic mass is 10.0. The summed E-state index contributed by atoms with van der Waals surface area (Å²) < 4.78 is 5.39. The predicted molar refractivity (Wildman–Crippen MR) is 110 cm³/mol. The fourth-order valence-corrected chi connectivity index (χ4v) is 3.72. The average molecular weight is 385 g/mol. The number of rotatable bonds is 8. The van der Waals surface area contributed by atoms with Gasteiger partial charge < -0.3 is 14.7 Å². The number of nitrogens with zero attached hydrogens (tertiary/aromatic N) is 3. The molecule has 0 saturated carbocycles. The quantitative estimate of drug-likeness (QED) is 0.750. The van der Waals surface area contributed by atoms with Crippen LogP contribution >= 0.6 is 0 Å². The molecule has 1 saturated heterocycles. The van der Waals surface area contributed by atoms with Crippen molar-refractivity contribution in [2.45, 2.75) is 64.8 Å². The summed E-state index contributed by atoms with van der Waals surface area (Å²) in [7, 11) is 0. The minimum atomic E-state index is 0.190. The number of piperidine rings is 1. The maximum atomic E-state index is 12.8. The molecule has 0 atom stereocenters. The van der Waals surface area contributed by atoms with Gasteiger partial charge in [0.15, 0.2) is 0 Å². The molecule has 1 amide bonds. The van der Waals surface area contributed by atoms with E-state index in [1.807, 2.05) is 12.1 Å². The summed E-state index contributed by atoms with van der Waals surface area (Å²) in [5.41, 5.74) is 2.22. The number of amides is 1. The Labute approximate surface area is 167 Å². The molecule has 1 aromatic heterocycles. The van der Waals surface area contributed by atoms with Crippen LogP contribution in [0.2, 0.25) is 0 Å². The first-order chi connectivity index (χ1) is 13.6. The molecule has 152 valence electrons. The average Bonchev–Trinajstić information content (AvgIpc) is 3.20. The van der Waals surface area contributed by atoms with E-state index in [4.69, 9.17) is 4.52 Å². The zero-order valence-corrected chi connectivity index (χ0v) is 17.3. The van der Waals surface area contributed by atoms with E-state index in [-0.39, 0.29) is 5.91 Å². The van der Waals surface area contributed by atoms with Crippen LogP contribution in [0.5, 0.6) is 0 Å². The molecule has 0 radical (unpaired) electrons. The summed E-state index contributed by atoms with van der Waals surface area (Å²) in [5, 5.41) is 7.46. The number of aromatic nitrogens is 2. The molecule has 6 heteroatoms. The van der Waals surface area contributed by atoms with Crippen LogP contribution < -0.4 is 5.32 Å². The van der Waals surface area contributed by atoms with Crippen molar-refractivity contribution in [3.63, 3.8) is 0 Å². The molecule has 1 fully saturated rings. The Bertz CT molecular complexity index is 748. The van der Waals surface area contributed by atoms with Crippen LogP contribution in [0.25, 0.3) is 11.4 Å². The standard InChI is InChI=1S/C22H32N4O2/c1-4-15-26(19-11-13-23-14-12-19)21(27)10-9-20-24-22(25-28-20)18-7-5-17(6-8-18)16(2)3/h5-8,16,19,23H,4,9-15H2,1-3H3. The Hall–Kier alpha value is -2.21. The van der Waals surface area contributed by atoms with E-state index >= 15 is 0 Å². The second-order valence-electron chi connectivity index (χ2n) is 7.86. The van der Waals surface area contributed by atoms with E-state index in [0.717, 1.165) is 44.5 Å². The monoisotopic (exact) mass is 384 g/mol. The molecule has 6 nitrogen and oxygen atoms in total. The molecular formula is C22H32N4O2. The lowest BCUT2D eigenvalue weighted by Gasteiger charge is -2.34. The summed E-state index contributed by atoms with van der Waals surface area (Å²) in [4.78, 5) is 19.3. The van der Waals surface area contributed by atoms with E-state index in [1.165, 1.54) is 5.56 Å². The summed E-state index contributed by atoms with van der Waals surface area (Å²) in [6.45, 7) is 9.26. The van der Waals surface area contributed by atoms with Crippen LogP contribution in [-0.4, -0.2) is 46.6 Å². The zero-order chi connectivity index (χ0) is 19.9. The molecule has 2 heterocycles. The molecule has 1 aliphatic rings. The van der Waals surface area contributed by atoms with Gasteiger partial charge >= 0.3 is 0 Å². The number of carbonyl (C=O) groups is 1. The fourth-order valence-electron chi connectivity index (χ4n) is 3.72. The Morgan fingerprint density at radius 1 is 1.25 bits per heavy atom. The Morgan fingerprint density at radius 2 is 1.96 bits per heavy atom. The highest BCUT2D eigenvalue weighted by Gasteiger charge is 2.24. The molecule has 2 aromatic rings. The number of hydrogen-bond acceptors (Lipinski definition) is 5. The van der Waals surface area contributed by atoms with E-state index in [1.54, 1.807) is 0 Å². The third-order valence-electron chi connectivity index (χ3n) is 5.39. The van der Waals surface area contributed by atoms with Gasteiger partial charge in [-0.15, -0.1) is 0 Å². The number of carbonyl (C=O) groups excluding carboxylic acids is 1. The van der Waals surface area contributed by atoms with Gasteiger partial charge in [0.2, 0.25) is 17.6 Å². The minimum Gasteiger partial charge on any atom is -0.340 e. The van der Waals surface area contributed by atoms with Crippen molar-refractivity contribution in [1.29, 1.82) is 0 Å². The van der Waals surface area contributed by atoms with Crippen LogP contribution in [0, 0.1) is 0 Å². The second kappa shape index (κ2) is 9.82. The maximum absolute atomic E-state index is 12.8. The van der Waals surface area contributed by atoms with Crippen molar-refractivity contribution in [2.24, 2.45) is 0 Å². The van der Waals surface area contributed by atoms with E-state index in [2.05, 4.69) is 53.3 Å². The highest BCUT2D eigenvalue weighted by molar-refractivity contribution is 5.76. The van der Waals surface area contributed by atoms with Crippen molar-refractivity contribution in [3.05, 3.63) is 35.7 Å². The molecule has 1 aliphatic heterocycles. The highest BCUT2D eigenvalue weighted by Crippen LogP contribution is 2.21. The van der Waals surface area contributed by atoms with Crippen LogP contribution in [0.15, 0.2) is 28.8 Å². The topological polar surface area (TPSA) is 71.3 Å². The first kappa shape index (κ1) is 20.5. The fraction of sp³-hybridized carbons (Fsp3) is 0.591. The van der Waals surface area contributed by atoms with Gasteiger partial charge in [0, 0.05) is 31.0 Å². The zero-order valence-electron chi connectivity index (χ0n) is 17.3. The third-order valence-corrected chi connectivity index (χ3v) is 5.39. The molecule has 28 heavy (non-hydrogen) atoms. The van der Waals surface area contributed by atoms with Gasteiger partial charge in [-0.25, -0.2) is 0 Å². The van der Waals surface area contributed by atoms with E-state index in [9.17, 15) is 4.79 Å². The Morgan fingerprint density at radius 3 is 2.61 bits per heavy atom. The third kappa shape index (κ3) is 5.19. The summed E-state index contributed by atoms with van der Waals surface area (Å²) in [6, 6.07) is 8.60. The number of benzene rings is 1. The first-order valence-corrected chi connectivity index (χ1v) is 10.5. The SMILES string of the molecule is CCCN(C(=O)CCc1nc(-c2ccc(C(C)C)cc2)no1)C1CCNCC1. The van der Waals surface area contributed by atoms with Crippen LogP contribution in [0.3, 0.4) is 0 Å².